The van der Waals surface area contributed by atoms with Gasteiger partial charge in [-0.25, -0.2) is 0 Å². The van der Waals surface area contributed by atoms with Crippen molar-refractivity contribution >= 4 is 11.9 Å². The van der Waals surface area contributed by atoms with E-state index in [1.165, 1.54) is 11.1 Å². The molecule has 0 aliphatic rings. The molecule has 2 heteroatoms. The molecule has 118 valence electrons. The third-order valence-electron chi connectivity index (χ3n) is 3.57. The van der Waals surface area contributed by atoms with E-state index in [9.17, 15) is 4.79 Å². The number of carbonyl (C=O) groups excluding carboxylic acids is 1. The summed E-state index contributed by atoms with van der Waals surface area (Å²) in [4.78, 5) is 12.4. The maximum atomic E-state index is 12.4. The average Bonchev–Trinajstić information content (AvgIpc) is 2.58. The molecule has 0 amide bonds. The fraction of sp³-hybridized carbons (Fsp3) is 0.190. The number of ketones is 1. The summed E-state index contributed by atoms with van der Waals surface area (Å²) in [5.41, 5.74) is 4.13. The molecule has 0 saturated heterocycles. The molecule has 2 rings (SSSR count). The minimum atomic E-state index is -0.0560. The highest BCUT2D eigenvalue weighted by Gasteiger charge is 2.08. The van der Waals surface area contributed by atoms with E-state index in [2.05, 4.69) is 26.0 Å². The lowest BCUT2D eigenvalue weighted by Gasteiger charge is -2.05. The lowest BCUT2D eigenvalue weighted by molar-refractivity contribution is 0.104. The van der Waals surface area contributed by atoms with Gasteiger partial charge in [0.2, 0.25) is 0 Å². The Bertz CT molecular complexity index is 735. The summed E-state index contributed by atoms with van der Waals surface area (Å²) < 4.78 is 5.24. The van der Waals surface area contributed by atoms with E-state index < -0.39 is 0 Å². The predicted molar refractivity (Wildman–Crippen MR) is 95.9 cm³/mol. The maximum absolute atomic E-state index is 12.4. The number of benzene rings is 2. The van der Waals surface area contributed by atoms with Crippen molar-refractivity contribution in [3.05, 3.63) is 82.9 Å². The number of methoxy groups -OCH3 is 1. The van der Waals surface area contributed by atoms with Crippen LogP contribution in [0.2, 0.25) is 0 Å². The lowest BCUT2D eigenvalue weighted by atomic mass is 10.0. The molecule has 0 heterocycles. The van der Waals surface area contributed by atoms with Crippen LogP contribution in [0.25, 0.3) is 6.08 Å². The number of para-hydroxylation sites is 1. The van der Waals surface area contributed by atoms with Crippen molar-refractivity contribution in [2.24, 2.45) is 0 Å². The van der Waals surface area contributed by atoms with Gasteiger partial charge < -0.3 is 4.74 Å². The van der Waals surface area contributed by atoms with E-state index in [1.54, 1.807) is 25.3 Å². The van der Waals surface area contributed by atoms with Crippen LogP contribution >= 0.6 is 0 Å². The van der Waals surface area contributed by atoms with Crippen molar-refractivity contribution in [2.75, 3.05) is 7.11 Å². The molecule has 0 radical (unpaired) electrons. The van der Waals surface area contributed by atoms with Gasteiger partial charge in [0.1, 0.15) is 5.75 Å². The topological polar surface area (TPSA) is 26.3 Å². The first-order chi connectivity index (χ1) is 11.1. The maximum Gasteiger partial charge on any atom is 0.189 e. The minimum Gasteiger partial charge on any atom is -0.496 e. The molecule has 23 heavy (non-hydrogen) atoms. The summed E-state index contributed by atoms with van der Waals surface area (Å²) in [6, 6.07) is 15.4. The number of ether oxygens (including phenoxy) is 1. The Hall–Kier alpha value is -2.61. The number of carbonyl (C=O) groups is 1. The van der Waals surface area contributed by atoms with Crippen molar-refractivity contribution in [3.8, 4) is 5.75 Å². The Labute approximate surface area is 138 Å². The van der Waals surface area contributed by atoms with Gasteiger partial charge in [-0.2, -0.15) is 0 Å². The second-order valence-corrected chi connectivity index (χ2v) is 5.58. The second kappa shape index (κ2) is 8.14. The van der Waals surface area contributed by atoms with Gasteiger partial charge >= 0.3 is 0 Å². The van der Waals surface area contributed by atoms with Crippen molar-refractivity contribution in [1.82, 2.24) is 0 Å². The summed E-state index contributed by atoms with van der Waals surface area (Å²) >= 11 is 0. The first-order valence-electron chi connectivity index (χ1n) is 7.68. The van der Waals surface area contributed by atoms with E-state index in [-0.39, 0.29) is 5.78 Å². The summed E-state index contributed by atoms with van der Waals surface area (Å²) in [5.74, 6) is 0.541. The molecule has 0 bridgehead atoms. The van der Waals surface area contributed by atoms with E-state index >= 15 is 0 Å². The highest BCUT2D eigenvalue weighted by Crippen LogP contribution is 2.19. The first kappa shape index (κ1) is 16.8. The molecule has 0 fully saturated rings. The van der Waals surface area contributed by atoms with Crippen LogP contribution in [0.3, 0.4) is 0 Å². The van der Waals surface area contributed by atoms with Crippen molar-refractivity contribution in [2.45, 2.75) is 20.3 Å². The summed E-state index contributed by atoms with van der Waals surface area (Å²) in [6.07, 6.45) is 6.54. The van der Waals surface area contributed by atoms with Crippen LogP contribution in [0.15, 0.2) is 66.3 Å². The monoisotopic (exact) mass is 306 g/mol. The van der Waals surface area contributed by atoms with E-state index in [0.29, 0.717) is 11.3 Å². The number of hydrogen-bond acceptors (Lipinski definition) is 2. The Morgan fingerprint density at radius 2 is 1.74 bits per heavy atom. The molecular weight excluding hydrogens is 284 g/mol. The molecule has 0 unspecified atom stereocenters. The molecule has 2 aromatic rings. The molecule has 2 nitrogen and oxygen atoms in total. The van der Waals surface area contributed by atoms with Gasteiger partial charge in [-0.15, -0.1) is 0 Å². The summed E-state index contributed by atoms with van der Waals surface area (Å²) in [5, 5.41) is 0. The van der Waals surface area contributed by atoms with Crippen molar-refractivity contribution in [3.63, 3.8) is 0 Å². The van der Waals surface area contributed by atoms with Gasteiger partial charge in [0.25, 0.3) is 0 Å². The number of allylic oxidation sites excluding steroid dienone is 3. The first-order valence-corrected chi connectivity index (χ1v) is 7.68. The zero-order valence-corrected chi connectivity index (χ0v) is 13.9. The summed E-state index contributed by atoms with van der Waals surface area (Å²) in [7, 11) is 1.57. The van der Waals surface area contributed by atoms with Crippen LogP contribution in [0, 0.1) is 0 Å². The Morgan fingerprint density at radius 3 is 2.48 bits per heavy atom. The van der Waals surface area contributed by atoms with Gasteiger partial charge in [-0.1, -0.05) is 54.1 Å². The van der Waals surface area contributed by atoms with E-state index in [4.69, 9.17) is 4.74 Å². The molecule has 0 aliphatic heterocycles. The number of hydrogen-bond donors (Lipinski definition) is 0. The third-order valence-corrected chi connectivity index (χ3v) is 3.57. The van der Waals surface area contributed by atoms with Gasteiger partial charge in [0.05, 0.1) is 12.7 Å². The van der Waals surface area contributed by atoms with Crippen LogP contribution in [-0.2, 0) is 6.42 Å². The van der Waals surface area contributed by atoms with Gasteiger partial charge in [-0.3, -0.25) is 4.79 Å². The van der Waals surface area contributed by atoms with Crippen LogP contribution in [-0.4, -0.2) is 12.9 Å². The molecule has 0 aliphatic carbocycles. The quantitative estimate of drug-likeness (QED) is 0.421. The molecular formula is C21H22O2. The molecule has 0 atom stereocenters. The Kier molecular flexibility index (Phi) is 5.93. The number of rotatable bonds is 6. The SMILES string of the molecule is COc1ccccc1C(=O)C=Cc1ccccc1CC=C(C)C. The molecule has 2 aromatic carbocycles. The Balaban J connectivity index is 2.23. The third kappa shape index (κ3) is 4.68. The largest absolute Gasteiger partial charge is 0.496 e. The zero-order chi connectivity index (χ0) is 16.7. The van der Waals surface area contributed by atoms with Gasteiger partial charge in [0.15, 0.2) is 5.78 Å². The fourth-order valence-corrected chi connectivity index (χ4v) is 2.30. The fourth-order valence-electron chi connectivity index (χ4n) is 2.30. The smallest absolute Gasteiger partial charge is 0.189 e. The standard InChI is InChI=1S/C21H22O2/c1-16(2)12-13-17-8-4-5-9-18(17)14-15-20(22)19-10-6-7-11-21(19)23-3/h4-12,14-15H,13H2,1-3H3. The van der Waals surface area contributed by atoms with E-state index in [0.717, 1.165) is 12.0 Å². The lowest BCUT2D eigenvalue weighted by Crippen LogP contribution is -1.98. The summed E-state index contributed by atoms with van der Waals surface area (Å²) in [6.45, 7) is 4.17. The molecule has 0 aromatic heterocycles. The Morgan fingerprint density at radius 1 is 1.04 bits per heavy atom. The second-order valence-electron chi connectivity index (χ2n) is 5.58. The van der Waals surface area contributed by atoms with Crippen LogP contribution in [0.5, 0.6) is 5.75 Å². The van der Waals surface area contributed by atoms with E-state index in [1.807, 2.05) is 36.4 Å². The average molecular weight is 306 g/mol. The molecule has 0 spiro atoms. The van der Waals surface area contributed by atoms with Crippen molar-refractivity contribution in [1.29, 1.82) is 0 Å². The van der Waals surface area contributed by atoms with Crippen LogP contribution < -0.4 is 4.74 Å². The van der Waals surface area contributed by atoms with Gasteiger partial charge in [0, 0.05) is 0 Å². The van der Waals surface area contributed by atoms with Crippen LogP contribution in [0.4, 0.5) is 0 Å². The molecule has 0 N–H and O–H groups in total. The van der Waals surface area contributed by atoms with Crippen molar-refractivity contribution < 1.29 is 9.53 Å². The zero-order valence-electron chi connectivity index (χ0n) is 13.9. The predicted octanol–water partition coefficient (Wildman–Crippen LogP) is 5.10. The van der Waals surface area contributed by atoms with Crippen LogP contribution in [0.1, 0.15) is 35.3 Å². The highest BCUT2D eigenvalue weighted by molar-refractivity contribution is 6.08. The minimum absolute atomic E-state index is 0.0560. The molecule has 0 saturated carbocycles. The normalized spacial score (nSPS) is 10.6. The van der Waals surface area contributed by atoms with Gasteiger partial charge in [-0.05, 0) is 49.6 Å². The highest BCUT2D eigenvalue weighted by atomic mass is 16.5.